The van der Waals surface area contributed by atoms with Crippen LogP contribution >= 0.6 is 0 Å². The summed E-state index contributed by atoms with van der Waals surface area (Å²) >= 11 is 0. The Hall–Kier alpha value is -1.81. The topological polar surface area (TPSA) is 62.5 Å². The van der Waals surface area contributed by atoms with E-state index in [0.717, 1.165) is 30.3 Å². The predicted molar refractivity (Wildman–Crippen MR) is 69.8 cm³/mol. The molecule has 0 aliphatic carbocycles. The number of aliphatic hydroxyl groups is 1. The number of nitrogens with zero attached hydrogens (tertiary/aromatic N) is 1. The Bertz CT molecular complexity index is 557. The lowest BCUT2D eigenvalue weighted by Gasteiger charge is -2.06. The lowest BCUT2D eigenvalue weighted by atomic mass is 10.2. The van der Waals surface area contributed by atoms with Crippen molar-refractivity contribution in [3.63, 3.8) is 0 Å². The van der Waals surface area contributed by atoms with Gasteiger partial charge in [0.1, 0.15) is 0 Å². The normalized spacial score (nSPS) is 12.8. The highest BCUT2D eigenvalue weighted by Crippen LogP contribution is 2.21. The predicted octanol–water partition coefficient (Wildman–Crippen LogP) is 2.50. The lowest BCUT2D eigenvalue weighted by Crippen LogP contribution is -2.03. The Kier molecular flexibility index (Phi) is 3.67. The van der Waals surface area contributed by atoms with Crippen molar-refractivity contribution in [1.82, 2.24) is 4.57 Å². The third-order valence-corrected chi connectivity index (χ3v) is 3.04. The van der Waals surface area contributed by atoms with Gasteiger partial charge in [0, 0.05) is 23.6 Å². The van der Waals surface area contributed by atoms with Gasteiger partial charge >= 0.3 is 5.97 Å². The Morgan fingerprint density at radius 3 is 2.78 bits per heavy atom. The van der Waals surface area contributed by atoms with Gasteiger partial charge in [-0.25, -0.2) is 4.79 Å². The molecule has 0 amide bonds. The minimum absolute atomic E-state index is 0.314. The first-order valence-electron chi connectivity index (χ1n) is 6.09. The molecule has 0 radical (unpaired) electrons. The van der Waals surface area contributed by atoms with E-state index in [2.05, 4.69) is 0 Å². The van der Waals surface area contributed by atoms with Gasteiger partial charge in [-0.05, 0) is 25.8 Å². The van der Waals surface area contributed by atoms with Gasteiger partial charge < -0.3 is 14.8 Å². The quantitative estimate of drug-likeness (QED) is 0.853. The zero-order valence-electron chi connectivity index (χ0n) is 10.3. The highest BCUT2D eigenvalue weighted by Gasteiger charge is 2.13. The minimum atomic E-state index is -0.902. The number of hydrogen-bond acceptors (Lipinski definition) is 2. The van der Waals surface area contributed by atoms with Crippen LogP contribution in [0.1, 0.15) is 30.1 Å². The second-order valence-electron chi connectivity index (χ2n) is 4.55. The van der Waals surface area contributed by atoms with Gasteiger partial charge in [-0.3, -0.25) is 0 Å². The SMILES string of the molecule is C[C@H](O)CCCn1cc(C(=O)O)c2ccccc21. The molecule has 0 bridgehead atoms. The average Bonchev–Trinajstić information content (AvgIpc) is 2.68. The molecule has 0 saturated carbocycles. The van der Waals surface area contributed by atoms with Crippen LogP contribution in [-0.4, -0.2) is 26.9 Å². The van der Waals surface area contributed by atoms with Crippen molar-refractivity contribution >= 4 is 16.9 Å². The maximum Gasteiger partial charge on any atom is 0.337 e. The molecule has 0 spiro atoms. The van der Waals surface area contributed by atoms with Crippen LogP contribution in [0.5, 0.6) is 0 Å². The smallest absolute Gasteiger partial charge is 0.337 e. The maximum atomic E-state index is 11.2. The number of aromatic carboxylic acids is 1. The van der Waals surface area contributed by atoms with Crippen molar-refractivity contribution in [3.8, 4) is 0 Å². The zero-order chi connectivity index (χ0) is 13.1. The Morgan fingerprint density at radius 1 is 1.39 bits per heavy atom. The highest BCUT2D eigenvalue weighted by atomic mass is 16.4. The Labute approximate surface area is 105 Å². The van der Waals surface area contributed by atoms with Gasteiger partial charge in [-0.2, -0.15) is 0 Å². The van der Waals surface area contributed by atoms with E-state index in [1.807, 2.05) is 28.8 Å². The van der Waals surface area contributed by atoms with E-state index in [1.165, 1.54) is 0 Å². The molecule has 1 atom stereocenters. The molecule has 1 aromatic heterocycles. The van der Waals surface area contributed by atoms with Gasteiger partial charge in [0.25, 0.3) is 0 Å². The lowest BCUT2D eigenvalue weighted by molar-refractivity contribution is 0.0698. The highest BCUT2D eigenvalue weighted by molar-refractivity contribution is 6.03. The standard InChI is InChI=1S/C14H17NO3/c1-10(16)5-4-8-15-9-12(14(17)18)11-6-2-3-7-13(11)15/h2-3,6-7,9-10,16H,4-5,8H2,1H3,(H,17,18)/t10-/m0/s1. The third kappa shape index (κ3) is 2.54. The molecule has 1 heterocycles. The number of para-hydroxylation sites is 1. The summed E-state index contributed by atoms with van der Waals surface area (Å²) in [5.74, 6) is -0.902. The fraction of sp³-hybridized carbons (Fsp3) is 0.357. The summed E-state index contributed by atoms with van der Waals surface area (Å²) in [6, 6.07) is 7.49. The number of fused-ring (bicyclic) bond motifs is 1. The molecule has 2 N–H and O–H groups in total. The van der Waals surface area contributed by atoms with Crippen LogP contribution in [0.4, 0.5) is 0 Å². The Balaban J connectivity index is 2.30. The number of benzene rings is 1. The number of hydrogen-bond donors (Lipinski definition) is 2. The largest absolute Gasteiger partial charge is 0.478 e. The fourth-order valence-electron chi connectivity index (χ4n) is 2.16. The maximum absolute atomic E-state index is 11.2. The van der Waals surface area contributed by atoms with Gasteiger partial charge in [-0.15, -0.1) is 0 Å². The molecular formula is C14H17NO3. The van der Waals surface area contributed by atoms with E-state index < -0.39 is 5.97 Å². The number of aliphatic hydroxyl groups excluding tert-OH is 1. The van der Waals surface area contributed by atoms with E-state index in [0.29, 0.717) is 5.56 Å². The molecule has 0 aliphatic rings. The van der Waals surface area contributed by atoms with Crippen molar-refractivity contribution in [2.75, 3.05) is 0 Å². The molecule has 1 aromatic carbocycles. The van der Waals surface area contributed by atoms with Crippen LogP contribution < -0.4 is 0 Å². The van der Waals surface area contributed by atoms with Crippen LogP contribution in [0.2, 0.25) is 0 Å². The van der Waals surface area contributed by atoms with E-state index >= 15 is 0 Å². The molecule has 2 aromatic rings. The first-order valence-corrected chi connectivity index (χ1v) is 6.09. The van der Waals surface area contributed by atoms with Crippen molar-refractivity contribution in [1.29, 1.82) is 0 Å². The average molecular weight is 247 g/mol. The number of rotatable bonds is 5. The summed E-state index contributed by atoms with van der Waals surface area (Å²) < 4.78 is 1.95. The summed E-state index contributed by atoms with van der Waals surface area (Å²) in [7, 11) is 0. The van der Waals surface area contributed by atoms with E-state index in [4.69, 9.17) is 5.11 Å². The number of aryl methyl sites for hydroxylation is 1. The monoisotopic (exact) mass is 247 g/mol. The van der Waals surface area contributed by atoms with Gasteiger partial charge in [0.2, 0.25) is 0 Å². The number of carboxylic acid groups (broad SMARTS) is 1. The molecule has 2 rings (SSSR count). The fourth-order valence-corrected chi connectivity index (χ4v) is 2.16. The molecule has 0 saturated heterocycles. The molecule has 0 aliphatic heterocycles. The van der Waals surface area contributed by atoms with E-state index in [-0.39, 0.29) is 6.10 Å². The summed E-state index contributed by atoms with van der Waals surface area (Å²) in [5.41, 5.74) is 1.27. The van der Waals surface area contributed by atoms with Crippen LogP contribution in [0, 0.1) is 0 Å². The van der Waals surface area contributed by atoms with E-state index in [1.54, 1.807) is 13.1 Å². The second-order valence-corrected chi connectivity index (χ2v) is 4.55. The minimum Gasteiger partial charge on any atom is -0.478 e. The number of carboxylic acids is 1. The second kappa shape index (κ2) is 5.23. The van der Waals surface area contributed by atoms with Crippen molar-refractivity contribution < 1.29 is 15.0 Å². The molecule has 96 valence electrons. The number of aromatic nitrogens is 1. The summed E-state index contributed by atoms with van der Waals surface area (Å²) in [5, 5.41) is 19.2. The van der Waals surface area contributed by atoms with Gasteiger partial charge in [0.15, 0.2) is 0 Å². The van der Waals surface area contributed by atoms with Crippen molar-refractivity contribution in [2.24, 2.45) is 0 Å². The molecule has 0 unspecified atom stereocenters. The van der Waals surface area contributed by atoms with E-state index in [9.17, 15) is 9.90 Å². The third-order valence-electron chi connectivity index (χ3n) is 3.04. The summed E-state index contributed by atoms with van der Waals surface area (Å²) in [4.78, 5) is 11.2. The molecule has 4 nitrogen and oxygen atoms in total. The van der Waals surface area contributed by atoms with Crippen LogP contribution in [0.3, 0.4) is 0 Å². The molecule has 0 fully saturated rings. The van der Waals surface area contributed by atoms with Crippen LogP contribution in [0.25, 0.3) is 10.9 Å². The first kappa shape index (κ1) is 12.6. The van der Waals surface area contributed by atoms with Gasteiger partial charge in [-0.1, -0.05) is 18.2 Å². The van der Waals surface area contributed by atoms with Gasteiger partial charge in [0.05, 0.1) is 11.7 Å². The van der Waals surface area contributed by atoms with Crippen LogP contribution in [-0.2, 0) is 6.54 Å². The summed E-state index contributed by atoms with van der Waals surface area (Å²) in [6.45, 7) is 2.48. The zero-order valence-corrected chi connectivity index (χ0v) is 10.3. The molecular weight excluding hydrogens is 230 g/mol. The number of carbonyl (C=O) groups is 1. The van der Waals surface area contributed by atoms with Crippen molar-refractivity contribution in [2.45, 2.75) is 32.4 Å². The van der Waals surface area contributed by atoms with Crippen LogP contribution in [0.15, 0.2) is 30.5 Å². The molecule has 18 heavy (non-hydrogen) atoms. The molecule has 4 heteroatoms. The first-order chi connectivity index (χ1) is 8.59. The van der Waals surface area contributed by atoms with Crippen molar-refractivity contribution in [3.05, 3.63) is 36.0 Å². The Morgan fingerprint density at radius 2 is 2.11 bits per heavy atom. The summed E-state index contributed by atoms with van der Waals surface area (Å²) in [6.07, 6.45) is 2.91.